The number of nitrogens with zero attached hydrogens (tertiary/aromatic N) is 4. The molecule has 0 radical (unpaired) electrons. The van der Waals surface area contributed by atoms with Crippen molar-refractivity contribution >= 4 is 33.4 Å². The SMILES string of the molecule is CN1C(=O)CCC1COc1nc(N2CC3CCC(C2)N3)c2ccc(-c3cc(O)cc4ccccc34)c(F)c2n1. The normalized spacial score (nSPS) is 22.8. The number of phenols is 1. The van der Waals surface area contributed by atoms with Crippen molar-refractivity contribution in [2.45, 2.75) is 43.8 Å². The van der Waals surface area contributed by atoms with Crippen LogP contribution >= 0.6 is 0 Å². The molecule has 1 amide bonds. The van der Waals surface area contributed by atoms with Gasteiger partial charge in [-0.05, 0) is 53.8 Å². The molecule has 3 saturated heterocycles. The molecule has 3 atom stereocenters. The van der Waals surface area contributed by atoms with Crippen molar-refractivity contribution in [2.75, 3.05) is 31.6 Å². The van der Waals surface area contributed by atoms with E-state index in [0.717, 1.165) is 36.7 Å². The van der Waals surface area contributed by atoms with Crippen LogP contribution in [0.1, 0.15) is 25.7 Å². The van der Waals surface area contributed by atoms with Crippen LogP contribution in [-0.2, 0) is 4.79 Å². The van der Waals surface area contributed by atoms with E-state index in [2.05, 4.69) is 15.2 Å². The second-order valence-corrected chi connectivity index (χ2v) is 10.9. The number of likely N-dealkylation sites (tertiary alicyclic amines) is 1. The number of likely N-dealkylation sites (N-methyl/N-ethyl adjacent to an activating group) is 1. The number of aromatic hydroxyl groups is 1. The molecule has 3 aliphatic rings. The van der Waals surface area contributed by atoms with E-state index >= 15 is 4.39 Å². The molecule has 3 aromatic carbocycles. The summed E-state index contributed by atoms with van der Waals surface area (Å²) >= 11 is 0. The number of hydrogen-bond donors (Lipinski definition) is 2. The van der Waals surface area contributed by atoms with Gasteiger partial charge in [-0.2, -0.15) is 9.97 Å². The first-order chi connectivity index (χ1) is 18.9. The Morgan fingerprint density at radius 3 is 2.59 bits per heavy atom. The predicted octanol–water partition coefficient (Wildman–Crippen LogP) is 4.23. The van der Waals surface area contributed by atoms with Crippen LogP contribution in [-0.4, -0.2) is 70.8 Å². The van der Waals surface area contributed by atoms with Gasteiger partial charge in [-0.3, -0.25) is 4.79 Å². The Morgan fingerprint density at radius 2 is 1.82 bits per heavy atom. The average molecular weight is 528 g/mol. The number of rotatable bonds is 5. The minimum absolute atomic E-state index is 0.0647. The van der Waals surface area contributed by atoms with Crippen LogP contribution in [0.3, 0.4) is 0 Å². The molecule has 1 aromatic heterocycles. The fraction of sp³-hybridized carbons (Fsp3) is 0.367. The van der Waals surface area contributed by atoms with E-state index in [1.807, 2.05) is 30.3 Å². The third kappa shape index (κ3) is 4.21. The Morgan fingerprint density at radius 1 is 1.03 bits per heavy atom. The molecular formula is C30H30FN5O3. The molecule has 2 N–H and O–H groups in total. The number of amides is 1. The number of nitrogens with one attached hydrogen (secondary N) is 1. The fourth-order valence-corrected chi connectivity index (χ4v) is 6.36. The molecule has 3 unspecified atom stereocenters. The summed E-state index contributed by atoms with van der Waals surface area (Å²) in [6.07, 6.45) is 3.42. The number of carbonyl (C=O) groups is 1. The molecular weight excluding hydrogens is 497 g/mol. The van der Waals surface area contributed by atoms with Gasteiger partial charge in [0.1, 0.15) is 23.7 Å². The van der Waals surface area contributed by atoms with E-state index < -0.39 is 5.82 Å². The summed E-state index contributed by atoms with van der Waals surface area (Å²) in [4.78, 5) is 25.2. The summed E-state index contributed by atoms with van der Waals surface area (Å²) in [6, 6.07) is 15.3. The average Bonchev–Trinajstić information content (AvgIpc) is 3.45. The maximum Gasteiger partial charge on any atom is 0.319 e. The molecule has 3 fully saturated rings. The highest BCUT2D eigenvalue weighted by Gasteiger charge is 2.34. The van der Waals surface area contributed by atoms with Gasteiger partial charge in [0.25, 0.3) is 0 Å². The van der Waals surface area contributed by atoms with Gasteiger partial charge >= 0.3 is 6.01 Å². The van der Waals surface area contributed by atoms with Gasteiger partial charge in [-0.1, -0.05) is 30.3 Å². The Kier molecular flexibility index (Phi) is 5.77. The van der Waals surface area contributed by atoms with Gasteiger partial charge in [0, 0.05) is 49.6 Å². The topological polar surface area (TPSA) is 90.8 Å². The lowest BCUT2D eigenvalue weighted by molar-refractivity contribution is -0.127. The zero-order valence-electron chi connectivity index (χ0n) is 21.7. The summed E-state index contributed by atoms with van der Waals surface area (Å²) in [5.74, 6) is 0.342. The van der Waals surface area contributed by atoms with E-state index in [0.29, 0.717) is 47.3 Å². The monoisotopic (exact) mass is 527 g/mol. The number of anilines is 1. The molecule has 3 aliphatic heterocycles. The smallest absolute Gasteiger partial charge is 0.319 e. The minimum atomic E-state index is -0.483. The van der Waals surface area contributed by atoms with Crippen LogP contribution < -0.4 is 15.0 Å². The first-order valence-electron chi connectivity index (χ1n) is 13.6. The zero-order chi connectivity index (χ0) is 26.7. The van der Waals surface area contributed by atoms with Gasteiger partial charge in [0.15, 0.2) is 5.82 Å². The zero-order valence-corrected chi connectivity index (χ0v) is 21.7. The standard InChI is InChI=1S/C30H30FN5O3/c1-35-20(8-11-26(35)38)16-39-30-33-28-24(29(34-30)36-14-18-6-7-19(15-36)32-18)10-9-23(27(28)31)25-13-21(37)12-17-4-2-3-5-22(17)25/h2-5,9-10,12-13,18-20,32,37H,6-8,11,14-16H2,1H3. The molecule has 8 nitrogen and oxygen atoms in total. The van der Waals surface area contributed by atoms with Crippen molar-refractivity contribution in [3.8, 4) is 22.9 Å². The summed E-state index contributed by atoms with van der Waals surface area (Å²) in [6.45, 7) is 1.81. The number of carbonyl (C=O) groups excluding carboxylic acids is 1. The quantitative estimate of drug-likeness (QED) is 0.401. The Hall–Kier alpha value is -3.98. The number of aromatic nitrogens is 2. The second-order valence-electron chi connectivity index (χ2n) is 10.9. The number of fused-ring (bicyclic) bond motifs is 4. The number of phenolic OH excluding ortho intramolecular Hbond substituents is 1. The third-order valence-corrected chi connectivity index (χ3v) is 8.46. The van der Waals surface area contributed by atoms with Gasteiger partial charge in [-0.15, -0.1) is 0 Å². The van der Waals surface area contributed by atoms with Crippen molar-refractivity contribution in [3.63, 3.8) is 0 Å². The molecule has 200 valence electrons. The first kappa shape index (κ1) is 24.1. The van der Waals surface area contributed by atoms with Crippen LogP contribution in [0.15, 0.2) is 48.5 Å². The molecule has 9 heteroatoms. The molecule has 39 heavy (non-hydrogen) atoms. The molecule has 7 rings (SSSR count). The van der Waals surface area contributed by atoms with Gasteiger partial charge < -0.3 is 25.0 Å². The van der Waals surface area contributed by atoms with Crippen LogP contribution in [0.5, 0.6) is 11.8 Å². The Labute approximate surface area is 225 Å². The third-order valence-electron chi connectivity index (χ3n) is 8.46. The minimum Gasteiger partial charge on any atom is -0.508 e. The van der Waals surface area contributed by atoms with Crippen LogP contribution in [0.4, 0.5) is 10.2 Å². The first-order valence-corrected chi connectivity index (χ1v) is 13.6. The number of hydrogen-bond acceptors (Lipinski definition) is 7. The second kappa shape index (κ2) is 9.34. The highest BCUT2D eigenvalue weighted by molar-refractivity contribution is 6.01. The van der Waals surface area contributed by atoms with Crippen LogP contribution in [0, 0.1) is 5.82 Å². The summed E-state index contributed by atoms with van der Waals surface area (Å²) in [7, 11) is 1.78. The van der Waals surface area contributed by atoms with Gasteiger partial charge in [0.2, 0.25) is 5.91 Å². The van der Waals surface area contributed by atoms with E-state index in [1.165, 1.54) is 0 Å². The van der Waals surface area contributed by atoms with Crippen molar-refractivity contribution in [2.24, 2.45) is 0 Å². The molecule has 0 spiro atoms. The van der Waals surface area contributed by atoms with Crippen molar-refractivity contribution in [3.05, 3.63) is 54.3 Å². The van der Waals surface area contributed by atoms with Gasteiger partial charge in [-0.25, -0.2) is 4.39 Å². The summed E-state index contributed by atoms with van der Waals surface area (Å²) in [5, 5.41) is 16.3. The van der Waals surface area contributed by atoms with Crippen LogP contribution in [0.25, 0.3) is 32.8 Å². The highest BCUT2D eigenvalue weighted by atomic mass is 19.1. The van der Waals surface area contributed by atoms with Crippen molar-refractivity contribution in [1.29, 1.82) is 0 Å². The molecule has 0 saturated carbocycles. The summed E-state index contributed by atoms with van der Waals surface area (Å²) in [5.41, 5.74) is 1.13. The molecule has 0 aliphatic carbocycles. The lowest BCUT2D eigenvalue weighted by Gasteiger charge is -2.34. The number of benzene rings is 3. The number of ether oxygens (including phenoxy) is 1. The van der Waals surface area contributed by atoms with E-state index in [1.54, 1.807) is 30.1 Å². The Balaban J connectivity index is 1.35. The largest absolute Gasteiger partial charge is 0.508 e. The highest BCUT2D eigenvalue weighted by Crippen LogP contribution is 2.39. The Bertz CT molecular complexity index is 1600. The lowest BCUT2D eigenvalue weighted by atomic mass is 9.96. The lowest BCUT2D eigenvalue weighted by Crippen LogP contribution is -2.51. The van der Waals surface area contributed by atoms with E-state index in [-0.39, 0.29) is 35.8 Å². The van der Waals surface area contributed by atoms with E-state index in [9.17, 15) is 9.90 Å². The van der Waals surface area contributed by atoms with Gasteiger partial charge in [0.05, 0.1) is 6.04 Å². The van der Waals surface area contributed by atoms with Crippen molar-refractivity contribution in [1.82, 2.24) is 20.2 Å². The maximum absolute atomic E-state index is 16.5. The molecule has 4 heterocycles. The fourth-order valence-electron chi connectivity index (χ4n) is 6.36. The van der Waals surface area contributed by atoms with Crippen molar-refractivity contribution < 1.29 is 19.0 Å². The summed E-state index contributed by atoms with van der Waals surface area (Å²) < 4.78 is 22.5. The predicted molar refractivity (Wildman–Crippen MR) is 148 cm³/mol. The molecule has 4 aromatic rings. The number of piperazine rings is 1. The number of halogens is 1. The van der Waals surface area contributed by atoms with E-state index in [4.69, 9.17) is 9.72 Å². The molecule has 2 bridgehead atoms. The van der Waals surface area contributed by atoms with Crippen LogP contribution in [0.2, 0.25) is 0 Å². The maximum atomic E-state index is 16.5.